The van der Waals surface area contributed by atoms with Gasteiger partial charge in [0.25, 0.3) is 0 Å². The number of ketones is 1. The number of aromatic nitrogens is 3. The molecule has 1 unspecified atom stereocenters. The molecule has 1 aliphatic heterocycles. The molecule has 3 heterocycles. The van der Waals surface area contributed by atoms with Crippen LogP contribution in [0, 0.1) is 5.95 Å². The van der Waals surface area contributed by atoms with E-state index in [1.165, 1.54) is 12.3 Å². The number of carbonyl (C=O) groups excluding carboxylic acids is 2. The van der Waals surface area contributed by atoms with Crippen LogP contribution in [0.3, 0.4) is 0 Å². The minimum atomic E-state index is -0.624. The molecule has 186 valence electrons. The summed E-state index contributed by atoms with van der Waals surface area (Å²) in [6, 6.07) is 8.22. The van der Waals surface area contributed by atoms with Crippen molar-refractivity contribution in [2.24, 2.45) is 0 Å². The Morgan fingerprint density at radius 3 is 2.66 bits per heavy atom. The SMILES string of the molecule is CC(C)(C)OC(=O)NCCNc1ccc(C(=O)c2ccc3c(c2)c(F)nn3C2CCCCO2)cn1. The van der Waals surface area contributed by atoms with Gasteiger partial charge in [-0.05, 0) is 70.4 Å². The fourth-order valence-corrected chi connectivity index (χ4v) is 3.85. The summed E-state index contributed by atoms with van der Waals surface area (Å²) < 4.78 is 27.1. The molecular formula is C25H30FN5O4. The molecule has 0 spiro atoms. The molecule has 1 atom stereocenters. The summed E-state index contributed by atoms with van der Waals surface area (Å²) in [5.74, 6) is -0.331. The van der Waals surface area contributed by atoms with Crippen LogP contribution in [0.15, 0.2) is 36.5 Å². The molecule has 9 nitrogen and oxygen atoms in total. The summed E-state index contributed by atoms with van der Waals surface area (Å²) >= 11 is 0. The van der Waals surface area contributed by atoms with Crippen LogP contribution < -0.4 is 10.6 Å². The van der Waals surface area contributed by atoms with E-state index in [2.05, 4.69) is 20.7 Å². The Balaban J connectivity index is 1.37. The lowest BCUT2D eigenvalue weighted by Gasteiger charge is -2.23. The van der Waals surface area contributed by atoms with Crippen molar-refractivity contribution in [1.29, 1.82) is 0 Å². The van der Waals surface area contributed by atoms with Gasteiger partial charge in [0.2, 0.25) is 5.95 Å². The zero-order valence-electron chi connectivity index (χ0n) is 20.1. The van der Waals surface area contributed by atoms with Gasteiger partial charge in [0.1, 0.15) is 11.4 Å². The van der Waals surface area contributed by atoms with Gasteiger partial charge in [-0.3, -0.25) is 4.79 Å². The van der Waals surface area contributed by atoms with Gasteiger partial charge in [-0.2, -0.15) is 4.39 Å². The molecule has 4 rings (SSSR count). The molecular weight excluding hydrogens is 453 g/mol. The minimum Gasteiger partial charge on any atom is -0.444 e. The maximum atomic E-state index is 14.6. The van der Waals surface area contributed by atoms with E-state index >= 15 is 0 Å². The van der Waals surface area contributed by atoms with Crippen molar-refractivity contribution < 1.29 is 23.5 Å². The van der Waals surface area contributed by atoms with Gasteiger partial charge in [-0.25, -0.2) is 14.5 Å². The highest BCUT2D eigenvalue weighted by Gasteiger charge is 2.22. The molecule has 0 radical (unpaired) electrons. The first-order valence-electron chi connectivity index (χ1n) is 11.7. The van der Waals surface area contributed by atoms with E-state index in [-0.39, 0.29) is 17.4 Å². The molecule has 3 aromatic rings. The lowest BCUT2D eigenvalue weighted by molar-refractivity contribution is -0.0375. The second kappa shape index (κ2) is 10.4. The summed E-state index contributed by atoms with van der Waals surface area (Å²) in [6.07, 6.45) is 3.45. The van der Waals surface area contributed by atoms with E-state index in [4.69, 9.17) is 9.47 Å². The molecule has 1 saturated heterocycles. The Bertz CT molecular complexity index is 1200. The molecule has 35 heavy (non-hydrogen) atoms. The van der Waals surface area contributed by atoms with Crippen molar-refractivity contribution in [3.05, 3.63) is 53.6 Å². The van der Waals surface area contributed by atoms with Gasteiger partial charge in [-0.15, -0.1) is 5.10 Å². The molecule has 10 heteroatoms. The average Bonchev–Trinajstić information content (AvgIpc) is 3.17. The summed E-state index contributed by atoms with van der Waals surface area (Å²) in [7, 11) is 0. The van der Waals surface area contributed by atoms with Crippen molar-refractivity contribution in [3.8, 4) is 0 Å². The number of benzene rings is 1. The molecule has 2 aromatic heterocycles. The molecule has 1 amide bonds. The highest BCUT2D eigenvalue weighted by Crippen LogP contribution is 2.28. The molecule has 2 N–H and O–H groups in total. The molecule has 1 aromatic carbocycles. The maximum Gasteiger partial charge on any atom is 0.407 e. The quantitative estimate of drug-likeness (QED) is 0.378. The van der Waals surface area contributed by atoms with Crippen LogP contribution in [-0.2, 0) is 9.47 Å². The van der Waals surface area contributed by atoms with Gasteiger partial charge in [0.05, 0.1) is 10.9 Å². The maximum absolute atomic E-state index is 14.6. The zero-order valence-corrected chi connectivity index (χ0v) is 20.1. The summed E-state index contributed by atoms with van der Waals surface area (Å²) in [5.41, 5.74) is 0.778. The van der Waals surface area contributed by atoms with Crippen LogP contribution in [0.25, 0.3) is 10.9 Å². The number of hydrogen-bond acceptors (Lipinski definition) is 7. The van der Waals surface area contributed by atoms with E-state index in [0.29, 0.717) is 42.2 Å². The Morgan fingerprint density at radius 1 is 1.17 bits per heavy atom. The lowest BCUT2D eigenvalue weighted by atomic mass is 10.0. The average molecular weight is 484 g/mol. The zero-order chi connectivity index (χ0) is 25.0. The van der Waals surface area contributed by atoms with E-state index in [1.54, 1.807) is 49.7 Å². The van der Waals surface area contributed by atoms with E-state index in [9.17, 15) is 14.0 Å². The monoisotopic (exact) mass is 483 g/mol. The van der Waals surface area contributed by atoms with E-state index < -0.39 is 17.6 Å². The number of alkyl carbamates (subject to hydrolysis) is 1. The lowest BCUT2D eigenvalue weighted by Crippen LogP contribution is -2.35. The van der Waals surface area contributed by atoms with Crippen LogP contribution >= 0.6 is 0 Å². The van der Waals surface area contributed by atoms with Crippen molar-refractivity contribution in [2.75, 3.05) is 25.0 Å². The van der Waals surface area contributed by atoms with Crippen molar-refractivity contribution in [3.63, 3.8) is 0 Å². The number of nitrogens with zero attached hydrogens (tertiary/aromatic N) is 3. The van der Waals surface area contributed by atoms with Gasteiger partial charge in [0.15, 0.2) is 12.0 Å². The van der Waals surface area contributed by atoms with Crippen molar-refractivity contribution >= 4 is 28.6 Å². The van der Waals surface area contributed by atoms with Gasteiger partial charge >= 0.3 is 6.09 Å². The number of amides is 1. The third-order valence-corrected chi connectivity index (χ3v) is 5.48. The number of halogens is 1. The number of nitrogens with one attached hydrogen (secondary N) is 2. The minimum absolute atomic E-state index is 0.265. The van der Waals surface area contributed by atoms with E-state index in [1.807, 2.05) is 0 Å². The van der Waals surface area contributed by atoms with Crippen molar-refractivity contribution in [2.45, 2.75) is 51.9 Å². The van der Waals surface area contributed by atoms with Gasteiger partial charge < -0.3 is 20.1 Å². The Kier molecular flexibility index (Phi) is 7.30. The second-order valence-corrected chi connectivity index (χ2v) is 9.41. The first-order valence-corrected chi connectivity index (χ1v) is 11.7. The standard InChI is InChI=1S/C25H30FN5O4/c1-25(2,3)35-24(33)28-12-11-27-20-10-8-17(15-29-20)22(32)16-7-9-19-18(14-16)23(26)30-31(19)21-6-4-5-13-34-21/h7-10,14-15,21H,4-6,11-13H2,1-3H3,(H,27,29)(H,28,33). The Morgan fingerprint density at radius 2 is 1.97 bits per heavy atom. The fourth-order valence-electron chi connectivity index (χ4n) is 3.85. The predicted octanol–water partition coefficient (Wildman–Crippen LogP) is 4.44. The summed E-state index contributed by atoms with van der Waals surface area (Å²) in [5, 5.41) is 10.0. The third kappa shape index (κ3) is 6.13. The third-order valence-electron chi connectivity index (χ3n) is 5.48. The van der Waals surface area contributed by atoms with Crippen LogP contribution in [0.5, 0.6) is 0 Å². The van der Waals surface area contributed by atoms with Crippen LogP contribution in [0.2, 0.25) is 0 Å². The summed E-state index contributed by atoms with van der Waals surface area (Å²) in [6.45, 7) is 6.80. The number of carbonyl (C=O) groups is 2. The topological polar surface area (TPSA) is 107 Å². The largest absolute Gasteiger partial charge is 0.444 e. The molecule has 1 aliphatic rings. The number of ether oxygens (including phenoxy) is 2. The first kappa shape index (κ1) is 24.6. The Hall–Kier alpha value is -3.53. The fraction of sp³-hybridized carbons (Fsp3) is 0.440. The van der Waals surface area contributed by atoms with Gasteiger partial charge in [0, 0.05) is 37.0 Å². The normalized spacial score (nSPS) is 16.2. The highest BCUT2D eigenvalue weighted by molar-refractivity contribution is 6.10. The molecule has 1 fully saturated rings. The predicted molar refractivity (Wildman–Crippen MR) is 129 cm³/mol. The second-order valence-electron chi connectivity index (χ2n) is 9.41. The van der Waals surface area contributed by atoms with Crippen LogP contribution in [0.1, 0.15) is 62.2 Å². The van der Waals surface area contributed by atoms with Crippen molar-refractivity contribution in [1.82, 2.24) is 20.1 Å². The summed E-state index contributed by atoms with van der Waals surface area (Å²) in [4.78, 5) is 28.9. The number of pyridine rings is 1. The smallest absolute Gasteiger partial charge is 0.407 e. The molecule has 0 aliphatic carbocycles. The number of hydrogen-bond donors (Lipinski definition) is 2. The van der Waals surface area contributed by atoms with Gasteiger partial charge in [-0.1, -0.05) is 0 Å². The number of anilines is 1. The van der Waals surface area contributed by atoms with E-state index in [0.717, 1.165) is 19.3 Å². The molecule has 0 saturated carbocycles. The first-order chi connectivity index (χ1) is 16.7. The van der Waals surface area contributed by atoms with Crippen LogP contribution in [-0.4, -0.2) is 51.9 Å². The number of rotatable bonds is 7. The highest BCUT2D eigenvalue weighted by atomic mass is 19.1. The van der Waals surface area contributed by atoms with Crippen LogP contribution in [0.4, 0.5) is 15.0 Å². The Labute approximate surface area is 203 Å². The number of fused-ring (bicyclic) bond motifs is 1. The molecule has 0 bridgehead atoms.